The molecule has 0 aromatic carbocycles. The fraction of sp³-hybridized carbons (Fsp3) is 0.571. The van der Waals surface area contributed by atoms with E-state index in [2.05, 4.69) is 18.8 Å². The number of carbonyl (C=O) groups excluding carboxylic acids is 1. The van der Waals surface area contributed by atoms with Gasteiger partial charge in [-0.05, 0) is 43.2 Å². The normalized spacial score (nSPS) is 27.1. The molecule has 5 heteroatoms. The van der Waals surface area contributed by atoms with Crippen LogP contribution in [0.25, 0.3) is 0 Å². The zero-order chi connectivity index (χ0) is 14.0. The van der Waals surface area contributed by atoms with Gasteiger partial charge in [0.05, 0.1) is 5.56 Å². The van der Waals surface area contributed by atoms with Crippen LogP contribution in [-0.2, 0) is 4.74 Å². The number of halogens is 2. The number of aromatic nitrogens is 1. The average molecular weight is 302 g/mol. The lowest BCUT2D eigenvalue weighted by molar-refractivity contribution is 0.00877. The highest BCUT2D eigenvalue weighted by Crippen LogP contribution is 2.31. The first kappa shape index (κ1) is 14.6. The molecule has 1 saturated carbocycles. The van der Waals surface area contributed by atoms with Crippen LogP contribution in [-0.4, -0.2) is 17.1 Å². The smallest absolute Gasteiger partial charge is 0.341 e. The lowest BCUT2D eigenvalue weighted by atomic mass is 9.80. The third-order valence-corrected chi connectivity index (χ3v) is 4.36. The number of nitrogens with zero attached hydrogens (tertiary/aromatic N) is 1. The van der Waals surface area contributed by atoms with Crippen molar-refractivity contribution in [3.8, 4) is 0 Å². The molecule has 2 rings (SSSR count). The molecular formula is C14H17Cl2NO2. The number of hydrogen-bond acceptors (Lipinski definition) is 3. The van der Waals surface area contributed by atoms with Crippen molar-refractivity contribution in [3.05, 3.63) is 28.0 Å². The van der Waals surface area contributed by atoms with E-state index in [1.54, 1.807) is 6.07 Å². The quantitative estimate of drug-likeness (QED) is 0.601. The predicted molar refractivity (Wildman–Crippen MR) is 75.6 cm³/mol. The fourth-order valence-corrected chi connectivity index (χ4v) is 2.81. The summed E-state index contributed by atoms with van der Waals surface area (Å²) in [7, 11) is 0. The van der Waals surface area contributed by atoms with Crippen molar-refractivity contribution < 1.29 is 9.53 Å². The first-order valence-corrected chi connectivity index (χ1v) is 7.26. The van der Waals surface area contributed by atoms with Crippen LogP contribution in [0.4, 0.5) is 0 Å². The van der Waals surface area contributed by atoms with Crippen molar-refractivity contribution in [1.82, 2.24) is 4.98 Å². The topological polar surface area (TPSA) is 39.2 Å². The summed E-state index contributed by atoms with van der Waals surface area (Å²) < 4.78 is 5.51. The van der Waals surface area contributed by atoms with Gasteiger partial charge in [0.2, 0.25) is 0 Å². The zero-order valence-electron chi connectivity index (χ0n) is 11.0. The molecule has 0 amide bonds. The zero-order valence-corrected chi connectivity index (χ0v) is 12.5. The first-order valence-electron chi connectivity index (χ1n) is 6.50. The van der Waals surface area contributed by atoms with Gasteiger partial charge in [0, 0.05) is 0 Å². The Morgan fingerprint density at radius 2 is 2.00 bits per heavy atom. The second-order valence-corrected chi connectivity index (χ2v) is 6.01. The number of ether oxygens (including phenoxy) is 1. The van der Waals surface area contributed by atoms with E-state index in [9.17, 15) is 4.79 Å². The molecule has 0 spiro atoms. The maximum Gasteiger partial charge on any atom is 0.341 e. The second-order valence-electron chi connectivity index (χ2n) is 5.27. The van der Waals surface area contributed by atoms with Crippen LogP contribution in [0, 0.1) is 11.8 Å². The van der Waals surface area contributed by atoms with E-state index in [1.807, 2.05) is 0 Å². The van der Waals surface area contributed by atoms with Crippen molar-refractivity contribution in [2.75, 3.05) is 0 Å². The molecule has 1 heterocycles. The van der Waals surface area contributed by atoms with Crippen LogP contribution in [0.2, 0.25) is 10.3 Å². The van der Waals surface area contributed by atoms with Crippen molar-refractivity contribution >= 4 is 29.2 Å². The summed E-state index contributed by atoms with van der Waals surface area (Å²) in [6.45, 7) is 4.43. The van der Waals surface area contributed by atoms with Gasteiger partial charge < -0.3 is 4.74 Å². The Bertz CT molecular complexity index is 479. The Labute approximate surface area is 123 Å². The van der Waals surface area contributed by atoms with Crippen molar-refractivity contribution in [3.63, 3.8) is 0 Å². The van der Waals surface area contributed by atoms with E-state index in [-0.39, 0.29) is 22.0 Å². The van der Waals surface area contributed by atoms with Gasteiger partial charge >= 0.3 is 5.97 Å². The van der Waals surface area contributed by atoms with Crippen LogP contribution in [0.1, 0.15) is 43.5 Å². The lowest BCUT2D eigenvalue weighted by Gasteiger charge is -2.31. The summed E-state index contributed by atoms with van der Waals surface area (Å²) in [5.41, 5.74) is 0.275. The van der Waals surface area contributed by atoms with E-state index in [0.717, 1.165) is 19.3 Å². The minimum Gasteiger partial charge on any atom is -0.459 e. The molecule has 1 fully saturated rings. The second kappa shape index (κ2) is 6.10. The lowest BCUT2D eigenvalue weighted by Crippen LogP contribution is -2.28. The molecule has 19 heavy (non-hydrogen) atoms. The minimum atomic E-state index is -0.416. The summed E-state index contributed by atoms with van der Waals surface area (Å²) in [6.07, 6.45) is 2.89. The Kier molecular flexibility index (Phi) is 4.69. The average Bonchev–Trinajstić information content (AvgIpc) is 2.33. The predicted octanol–water partition coefficient (Wildman–Crippen LogP) is 4.37. The SMILES string of the molecule is CC1CCC(OC(=O)c2ccc(Cl)nc2Cl)CC1C. The molecule has 0 radical (unpaired) electrons. The molecular weight excluding hydrogens is 285 g/mol. The summed E-state index contributed by atoms with van der Waals surface area (Å²) in [4.78, 5) is 15.9. The molecule has 3 atom stereocenters. The Hall–Kier alpha value is -0.800. The van der Waals surface area contributed by atoms with Gasteiger partial charge in [-0.15, -0.1) is 0 Å². The Morgan fingerprint density at radius 3 is 2.63 bits per heavy atom. The van der Waals surface area contributed by atoms with E-state index >= 15 is 0 Å². The van der Waals surface area contributed by atoms with Gasteiger partial charge in [-0.3, -0.25) is 0 Å². The molecule has 0 saturated heterocycles. The van der Waals surface area contributed by atoms with Gasteiger partial charge in [-0.25, -0.2) is 9.78 Å². The third-order valence-electron chi connectivity index (χ3n) is 3.86. The third kappa shape index (κ3) is 3.61. The van der Waals surface area contributed by atoms with Crippen molar-refractivity contribution in [2.24, 2.45) is 11.8 Å². The van der Waals surface area contributed by atoms with Crippen LogP contribution in [0.15, 0.2) is 12.1 Å². The number of carbonyl (C=O) groups is 1. The molecule has 3 nitrogen and oxygen atoms in total. The monoisotopic (exact) mass is 301 g/mol. The maximum atomic E-state index is 12.0. The number of pyridine rings is 1. The summed E-state index contributed by atoms with van der Waals surface area (Å²) >= 11 is 11.6. The molecule has 3 unspecified atom stereocenters. The largest absolute Gasteiger partial charge is 0.459 e. The summed E-state index contributed by atoms with van der Waals surface area (Å²) in [6, 6.07) is 3.09. The van der Waals surface area contributed by atoms with Gasteiger partial charge in [0.15, 0.2) is 0 Å². The highest BCUT2D eigenvalue weighted by Gasteiger charge is 2.28. The molecule has 1 aliphatic rings. The number of hydrogen-bond donors (Lipinski definition) is 0. The minimum absolute atomic E-state index is 0.0227. The molecule has 0 N–H and O–H groups in total. The fourth-order valence-electron chi connectivity index (χ4n) is 2.38. The van der Waals surface area contributed by atoms with Crippen molar-refractivity contribution in [2.45, 2.75) is 39.2 Å². The highest BCUT2D eigenvalue weighted by atomic mass is 35.5. The molecule has 1 aromatic heterocycles. The van der Waals surface area contributed by atoms with E-state index in [0.29, 0.717) is 11.8 Å². The van der Waals surface area contributed by atoms with Gasteiger partial charge in [-0.2, -0.15) is 0 Å². The molecule has 1 aliphatic carbocycles. The first-order chi connectivity index (χ1) is 8.97. The maximum absolute atomic E-state index is 12.0. The van der Waals surface area contributed by atoms with Gasteiger partial charge in [0.25, 0.3) is 0 Å². The van der Waals surface area contributed by atoms with Gasteiger partial charge in [-0.1, -0.05) is 37.0 Å². The Balaban J connectivity index is 2.01. The van der Waals surface area contributed by atoms with E-state index < -0.39 is 5.97 Å². The highest BCUT2D eigenvalue weighted by molar-refractivity contribution is 6.34. The van der Waals surface area contributed by atoms with E-state index in [4.69, 9.17) is 27.9 Å². The standard InChI is InChI=1S/C14H17Cl2NO2/c1-8-3-4-10(7-9(8)2)19-14(18)11-5-6-12(15)17-13(11)16/h5-6,8-10H,3-4,7H2,1-2H3. The molecule has 0 aliphatic heterocycles. The van der Waals surface area contributed by atoms with Crippen LogP contribution in [0.3, 0.4) is 0 Å². The molecule has 0 bridgehead atoms. The van der Waals surface area contributed by atoms with Gasteiger partial charge in [0.1, 0.15) is 16.4 Å². The summed E-state index contributed by atoms with van der Waals surface area (Å²) in [5.74, 6) is 0.849. The van der Waals surface area contributed by atoms with E-state index in [1.165, 1.54) is 6.07 Å². The Morgan fingerprint density at radius 1 is 1.26 bits per heavy atom. The molecule has 1 aromatic rings. The van der Waals surface area contributed by atoms with Crippen molar-refractivity contribution in [1.29, 1.82) is 0 Å². The number of rotatable bonds is 2. The molecule has 104 valence electrons. The number of esters is 1. The van der Waals surface area contributed by atoms with Crippen LogP contribution < -0.4 is 0 Å². The van der Waals surface area contributed by atoms with Crippen LogP contribution in [0.5, 0.6) is 0 Å². The summed E-state index contributed by atoms with van der Waals surface area (Å²) in [5, 5.41) is 0.358. The van der Waals surface area contributed by atoms with Crippen LogP contribution >= 0.6 is 23.2 Å².